The first-order chi connectivity index (χ1) is 12.5. The van der Waals surface area contributed by atoms with E-state index in [1.54, 1.807) is 12.1 Å². The fraction of sp³-hybridized carbons (Fsp3) is 0.474. The van der Waals surface area contributed by atoms with Crippen molar-refractivity contribution in [3.8, 4) is 5.75 Å². The Morgan fingerprint density at radius 3 is 2.62 bits per heavy atom. The molecule has 0 amide bonds. The summed E-state index contributed by atoms with van der Waals surface area (Å²) in [6.07, 6.45) is 0.686. The minimum Gasteiger partial charge on any atom is -0.489 e. The fourth-order valence-electron chi connectivity index (χ4n) is 2.51. The highest BCUT2D eigenvalue weighted by Gasteiger charge is 2.09. The maximum Gasteiger partial charge on any atom is 0.191 e. The number of benzene rings is 1. The van der Waals surface area contributed by atoms with Crippen LogP contribution < -0.4 is 15.4 Å². The van der Waals surface area contributed by atoms with Crippen molar-refractivity contribution >= 4 is 5.96 Å². The number of nitrogens with one attached hydrogen (secondary N) is 2. The summed E-state index contributed by atoms with van der Waals surface area (Å²) in [5, 5.41) is 10.5. The topological polar surface area (TPSA) is 71.7 Å². The molecular weight excluding hydrogens is 335 g/mol. The van der Waals surface area contributed by atoms with E-state index in [4.69, 9.17) is 9.26 Å². The van der Waals surface area contributed by atoms with Crippen molar-refractivity contribution in [2.24, 2.45) is 4.99 Å². The molecule has 0 bridgehead atoms. The van der Waals surface area contributed by atoms with E-state index in [-0.39, 0.29) is 11.9 Å². The minimum atomic E-state index is -0.278. The molecule has 0 saturated heterocycles. The van der Waals surface area contributed by atoms with Crippen LogP contribution in [0, 0.1) is 19.7 Å². The highest BCUT2D eigenvalue weighted by molar-refractivity contribution is 5.79. The lowest BCUT2D eigenvalue weighted by Crippen LogP contribution is -2.39. The van der Waals surface area contributed by atoms with E-state index in [2.05, 4.69) is 20.8 Å². The summed E-state index contributed by atoms with van der Waals surface area (Å²) in [6, 6.07) is 5.99. The number of hydrogen-bond acceptors (Lipinski definition) is 4. The Hall–Kier alpha value is -2.57. The zero-order valence-electron chi connectivity index (χ0n) is 15.8. The summed E-state index contributed by atoms with van der Waals surface area (Å²) in [5.74, 6) is 1.94. The predicted octanol–water partition coefficient (Wildman–Crippen LogP) is 3.00. The Bertz CT molecular complexity index is 693. The molecule has 0 spiro atoms. The second-order valence-electron chi connectivity index (χ2n) is 6.08. The summed E-state index contributed by atoms with van der Waals surface area (Å²) >= 11 is 0. The van der Waals surface area contributed by atoms with Gasteiger partial charge in [-0.15, -0.1) is 0 Å². The van der Waals surface area contributed by atoms with E-state index < -0.39 is 0 Å². The molecule has 6 nitrogen and oxygen atoms in total. The van der Waals surface area contributed by atoms with Crippen molar-refractivity contribution in [1.29, 1.82) is 0 Å². The van der Waals surface area contributed by atoms with Crippen LogP contribution in [0.3, 0.4) is 0 Å². The smallest absolute Gasteiger partial charge is 0.191 e. The van der Waals surface area contributed by atoms with Gasteiger partial charge in [0.2, 0.25) is 0 Å². The van der Waals surface area contributed by atoms with Crippen LogP contribution in [-0.2, 0) is 6.42 Å². The largest absolute Gasteiger partial charge is 0.489 e. The van der Waals surface area contributed by atoms with Crippen molar-refractivity contribution in [3.05, 3.63) is 47.1 Å². The van der Waals surface area contributed by atoms with Gasteiger partial charge in [-0.3, -0.25) is 0 Å². The highest BCUT2D eigenvalue weighted by atomic mass is 19.1. The molecular formula is C19H27FN4O2. The molecule has 0 aliphatic rings. The maximum absolute atomic E-state index is 12.9. The predicted molar refractivity (Wildman–Crippen MR) is 100 cm³/mol. The van der Waals surface area contributed by atoms with Gasteiger partial charge in [0.1, 0.15) is 23.4 Å². The molecule has 1 aromatic carbocycles. The summed E-state index contributed by atoms with van der Waals surface area (Å²) in [7, 11) is 0. The van der Waals surface area contributed by atoms with Crippen LogP contribution >= 0.6 is 0 Å². The van der Waals surface area contributed by atoms with Gasteiger partial charge in [-0.05, 0) is 58.4 Å². The second kappa shape index (κ2) is 9.79. The third kappa shape index (κ3) is 6.06. The zero-order chi connectivity index (χ0) is 18.9. The highest BCUT2D eigenvalue weighted by Crippen LogP contribution is 2.13. The minimum absolute atomic E-state index is 0.126. The van der Waals surface area contributed by atoms with Crippen LogP contribution in [0.4, 0.5) is 4.39 Å². The van der Waals surface area contributed by atoms with Gasteiger partial charge in [0, 0.05) is 18.7 Å². The van der Waals surface area contributed by atoms with E-state index in [0.29, 0.717) is 12.3 Å². The second-order valence-corrected chi connectivity index (χ2v) is 6.08. The van der Waals surface area contributed by atoms with Crippen molar-refractivity contribution in [3.63, 3.8) is 0 Å². The molecule has 1 unspecified atom stereocenters. The maximum atomic E-state index is 12.9. The third-order valence-corrected chi connectivity index (χ3v) is 3.85. The molecule has 0 aliphatic heterocycles. The quantitative estimate of drug-likeness (QED) is 0.558. The number of rotatable bonds is 8. The van der Waals surface area contributed by atoms with Crippen molar-refractivity contribution in [2.75, 3.05) is 19.6 Å². The van der Waals surface area contributed by atoms with Gasteiger partial charge < -0.3 is 19.9 Å². The molecule has 0 fully saturated rings. The third-order valence-electron chi connectivity index (χ3n) is 3.85. The number of halogens is 1. The standard InChI is InChI=1S/C19H27FN4O2/c1-5-21-19(22-11-10-18-14(3)24-26-15(18)4)23-12-13(2)25-17-8-6-16(20)7-9-17/h6-9,13H,5,10-12H2,1-4H3,(H2,21,22,23). The number of hydrogen-bond donors (Lipinski definition) is 2. The summed E-state index contributed by atoms with van der Waals surface area (Å²) < 4.78 is 23.9. The lowest BCUT2D eigenvalue weighted by Gasteiger charge is -2.15. The van der Waals surface area contributed by atoms with Gasteiger partial charge in [-0.2, -0.15) is 0 Å². The van der Waals surface area contributed by atoms with Crippen molar-refractivity contribution in [2.45, 2.75) is 40.2 Å². The van der Waals surface area contributed by atoms with Crippen LogP contribution in [0.15, 0.2) is 33.8 Å². The van der Waals surface area contributed by atoms with Gasteiger partial charge in [0.25, 0.3) is 0 Å². The SMILES string of the molecule is CCNC(=NCC(C)Oc1ccc(F)cc1)NCCc1c(C)noc1C. The zero-order valence-corrected chi connectivity index (χ0v) is 15.8. The van der Waals surface area contributed by atoms with Crippen molar-refractivity contribution in [1.82, 2.24) is 15.8 Å². The Morgan fingerprint density at radius 1 is 1.27 bits per heavy atom. The summed E-state index contributed by atoms with van der Waals surface area (Å²) in [4.78, 5) is 4.55. The monoisotopic (exact) mass is 362 g/mol. The molecule has 1 atom stereocenters. The van der Waals surface area contributed by atoms with E-state index in [9.17, 15) is 4.39 Å². The lowest BCUT2D eigenvalue weighted by atomic mass is 10.1. The number of ether oxygens (including phenoxy) is 1. The molecule has 142 valence electrons. The molecule has 1 heterocycles. The van der Waals surface area contributed by atoms with Gasteiger partial charge >= 0.3 is 0 Å². The molecule has 7 heteroatoms. The van der Waals surface area contributed by atoms with Crippen LogP contribution in [0.1, 0.15) is 30.9 Å². The number of nitrogens with zero attached hydrogens (tertiary/aromatic N) is 2. The van der Waals surface area contributed by atoms with Gasteiger partial charge in [0.05, 0.1) is 12.2 Å². The van der Waals surface area contributed by atoms with E-state index >= 15 is 0 Å². The van der Waals surface area contributed by atoms with Crippen LogP contribution in [-0.4, -0.2) is 36.9 Å². The van der Waals surface area contributed by atoms with Crippen molar-refractivity contribution < 1.29 is 13.7 Å². The van der Waals surface area contributed by atoms with Crippen LogP contribution in [0.5, 0.6) is 5.75 Å². The van der Waals surface area contributed by atoms with Crippen LogP contribution in [0.2, 0.25) is 0 Å². The molecule has 26 heavy (non-hydrogen) atoms. The lowest BCUT2D eigenvalue weighted by molar-refractivity contribution is 0.230. The van der Waals surface area contributed by atoms with E-state index in [1.807, 2.05) is 27.7 Å². The molecule has 2 aromatic rings. The van der Waals surface area contributed by atoms with Gasteiger partial charge in [0.15, 0.2) is 5.96 Å². The van der Waals surface area contributed by atoms with E-state index in [1.165, 1.54) is 12.1 Å². The molecule has 0 radical (unpaired) electrons. The Kier molecular flexibility index (Phi) is 7.44. The van der Waals surface area contributed by atoms with E-state index in [0.717, 1.165) is 42.5 Å². The van der Waals surface area contributed by atoms with Gasteiger partial charge in [-0.25, -0.2) is 9.38 Å². The molecule has 0 saturated carbocycles. The number of aryl methyl sites for hydroxylation is 2. The fourth-order valence-corrected chi connectivity index (χ4v) is 2.51. The summed E-state index contributed by atoms with van der Waals surface area (Å²) in [5.41, 5.74) is 2.05. The molecule has 1 aromatic heterocycles. The Morgan fingerprint density at radius 2 is 2.00 bits per heavy atom. The number of aliphatic imine (C=N–C) groups is 1. The molecule has 0 aliphatic carbocycles. The number of aromatic nitrogens is 1. The summed E-state index contributed by atoms with van der Waals surface area (Å²) in [6.45, 7) is 9.79. The van der Waals surface area contributed by atoms with Gasteiger partial charge in [-0.1, -0.05) is 5.16 Å². The average molecular weight is 362 g/mol. The first-order valence-corrected chi connectivity index (χ1v) is 8.85. The number of guanidine groups is 1. The first-order valence-electron chi connectivity index (χ1n) is 8.85. The Labute approximate surface area is 153 Å². The normalized spacial score (nSPS) is 12.7. The van der Waals surface area contributed by atoms with Crippen LogP contribution in [0.25, 0.3) is 0 Å². The molecule has 2 rings (SSSR count). The Balaban J connectivity index is 1.84. The first kappa shape index (κ1) is 19.8. The molecule has 2 N–H and O–H groups in total. The average Bonchev–Trinajstić information content (AvgIpc) is 2.93.